The predicted octanol–water partition coefficient (Wildman–Crippen LogP) is 0.566. The summed E-state index contributed by atoms with van der Waals surface area (Å²) in [5.41, 5.74) is 0. The molecular weight excluding hydrogens is 275 g/mol. The van der Waals surface area contributed by atoms with Crippen molar-refractivity contribution in [2.45, 2.75) is 0 Å². The Labute approximate surface area is 82.7 Å². The molecule has 0 rings (SSSR count). The molecule has 0 aromatic heterocycles. The lowest BCUT2D eigenvalue weighted by molar-refractivity contribution is -0.134. The summed E-state index contributed by atoms with van der Waals surface area (Å²) < 4.78 is 4.83. The highest BCUT2D eigenvalue weighted by atomic mass is 127. The first-order chi connectivity index (χ1) is 5.66. The van der Waals surface area contributed by atoms with Crippen LogP contribution < -0.4 is 0 Å². The number of rotatable bonds is 2. The Hall–Kier alpha value is -1.03. The molecule has 0 saturated heterocycles. The summed E-state index contributed by atoms with van der Waals surface area (Å²) in [6.45, 7) is 0. The maximum atomic E-state index is 10.5. The van der Waals surface area contributed by atoms with Gasteiger partial charge in [-0.25, -0.2) is 9.59 Å². The lowest BCUT2D eigenvalue weighted by atomic mass is 10.5. The molecule has 0 amide bonds. The molecule has 0 aromatic carbocycles. The van der Waals surface area contributed by atoms with Crippen molar-refractivity contribution in [2.75, 3.05) is 4.43 Å². The van der Waals surface area contributed by atoms with Gasteiger partial charge in [-0.1, -0.05) is 22.6 Å². The fourth-order valence-electron chi connectivity index (χ4n) is 0.287. The lowest BCUT2D eigenvalue weighted by Crippen LogP contribution is -1.96. The smallest absolute Gasteiger partial charge is 0.344 e. The number of carbonyl (C=O) groups excluding carboxylic acids is 1. The zero-order chi connectivity index (χ0) is 9.40. The van der Waals surface area contributed by atoms with E-state index in [0.717, 1.165) is 6.08 Å². The van der Waals surface area contributed by atoms with Crippen LogP contribution in [0.1, 0.15) is 0 Å². The molecule has 0 unspecified atom stereocenters. The number of esters is 1. The minimum atomic E-state index is -1.20. The molecule has 0 fully saturated rings. The highest BCUT2D eigenvalue weighted by molar-refractivity contribution is 14.1. The third kappa shape index (κ3) is 7.08. The molecule has 0 saturated carbocycles. The number of hydrogen-bond acceptors (Lipinski definition) is 3. The highest BCUT2D eigenvalue weighted by Gasteiger charge is 1.94. The van der Waals surface area contributed by atoms with E-state index in [2.05, 4.69) is 16.8 Å². The van der Waals surface area contributed by atoms with Gasteiger partial charge in [0.2, 0.25) is 0 Å². The van der Waals surface area contributed by atoms with Gasteiger partial charge in [-0.15, -0.1) is 0 Å². The summed E-state index contributed by atoms with van der Waals surface area (Å²) >= 11 is 1.99. The van der Waals surface area contributed by atoms with Crippen molar-refractivity contribution >= 4 is 34.5 Å². The van der Waals surface area contributed by atoms with Gasteiger partial charge in [0, 0.05) is 12.2 Å². The maximum Gasteiger partial charge on any atom is 0.344 e. The Morgan fingerprint density at radius 1 is 1.50 bits per heavy atom. The largest absolute Gasteiger partial charge is 0.478 e. The van der Waals surface area contributed by atoms with Crippen LogP contribution in [0.15, 0.2) is 12.2 Å². The average molecular weight is 280 g/mol. The number of alkyl halides is 1. The van der Waals surface area contributed by atoms with Gasteiger partial charge in [-0.2, -0.15) is 0 Å². The van der Waals surface area contributed by atoms with Gasteiger partial charge in [0.15, 0.2) is 0 Å². The Kier molecular flexibility index (Phi) is 6.09. The quantitative estimate of drug-likeness (QED) is 0.264. The molecule has 0 atom stereocenters. The summed E-state index contributed by atoms with van der Waals surface area (Å²) in [7, 11) is 0. The highest BCUT2D eigenvalue weighted by Crippen LogP contribution is 1.81. The zero-order valence-corrected chi connectivity index (χ0v) is 8.07. The molecule has 0 spiro atoms. The van der Waals surface area contributed by atoms with E-state index in [0.29, 0.717) is 10.5 Å². The summed E-state index contributed by atoms with van der Waals surface area (Å²) in [6, 6.07) is 0. The Morgan fingerprint density at radius 2 is 2.17 bits per heavy atom. The first-order valence-electron chi connectivity index (χ1n) is 2.82. The topological polar surface area (TPSA) is 63.6 Å². The van der Waals surface area contributed by atoms with Gasteiger partial charge < -0.3 is 9.84 Å². The van der Waals surface area contributed by atoms with E-state index < -0.39 is 11.9 Å². The van der Waals surface area contributed by atoms with Crippen molar-refractivity contribution < 1.29 is 19.4 Å². The first-order valence-corrected chi connectivity index (χ1v) is 4.35. The normalized spacial score (nSPS) is 8.75. The second-order valence-electron chi connectivity index (χ2n) is 1.51. The van der Waals surface area contributed by atoms with Crippen molar-refractivity contribution in [1.29, 1.82) is 0 Å². The molecule has 0 aromatic rings. The maximum absolute atomic E-state index is 10.5. The van der Waals surface area contributed by atoms with Crippen molar-refractivity contribution in [3.63, 3.8) is 0 Å². The van der Waals surface area contributed by atoms with E-state index in [1.165, 1.54) is 0 Å². The molecule has 0 aliphatic rings. The van der Waals surface area contributed by atoms with Crippen molar-refractivity contribution in [2.24, 2.45) is 0 Å². The minimum absolute atomic E-state index is 0.549. The van der Waals surface area contributed by atoms with Gasteiger partial charge in [0.1, 0.15) is 6.11 Å². The van der Waals surface area contributed by atoms with Gasteiger partial charge in [-0.3, -0.25) is 0 Å². The van der Waals surface area contributed by atoms with Gasteiger partial charge in [0.25, 0.3) is 0 Å². The summed E-state index contributed by atoms with van der Waals surface area (Å²) in [4.78, 5) is 20.4. The van der Waals surface area contributed by atoms with Gasteiger partial charge in [0.05, 0.1) is 4.43 Å². The minimum Gasteiger partial charge on any atom is -0.478 e. The van der Waals surface area contributed by atoms with Crippen LogP contribution in [0.4, 0.5) is 0 Å². The van der Waals surface area contributed by atoms with Crippen molar-refractivity contribution in [1.82, 2.24) is 0 Å². The number of hydrogen-bond donors (Lipinski definition) is 1. The van der Waals surface area contributed by atoms with Crippen LogP contribution in [0.3, 0.4) is 0 Å². The molecule has 5 heteroatoms. The third-order valence-corrected chi connectivity index (χ3v) is 1.03. The molecule has 0 aliphatic heterocycles. The molecule has 12 heavy (non-hydrogen) atoms. The standard InChI is InChI=1S/C7H5IO4/c8-4-1-5-12-7(11)3-2-6(9)10/h2-3H,4H2,(H,9,10)/b3-2-. The summed E-state index contributed by atoms with van der Waals surface area (Å²) in [6.07, 6.45) is 3.59. The number of carboxylic acids is 1. The summed E-state index contributed by atoms with van der Waals surface area (Å²) in [5, 5.41) is 8.10. The molecule has 0 aliphatic carbocycles. The van der Waals surface area contributed by atoms with Crippen molar-refractivity contribution in [3.8, 4) is 12.0 Å². The van der Waals surface area contributed by atoms with E-state index >= 15 is 0 Å². The van der Waals surface area contributed by atoms with Crippen LogP contribution in [0, 0.1) is 12.0 Å². The molecule has 0 radical (unpaired) electrons. The second kappa shape index (κ2) is 6.67. The van der Waals surface area contributed by atoms with E-state index in [4.69, 9.17) is 5.11 Å². The Bertz CT molecular complexity index is 258. The third-order valence-electron chi connectivity index (χ3n) is 0.653. The van der Waals surface area contributed by atoms with Crippen LogP contribution >= 0.6 is 22.6 Å². The SMILES string of the molecule is O=C(O)/C=C\C(=O)OC#CCI. The number of ether oxygens (including phenoxy) is 1. The van der Waals surface area contributed by atoms with E-state index in [9.17, 15) is 9.59 Å². The van der Waals surface area contributed by atoms with Crippen LogP contribution in [0.5, 0.6) is 0 Å². The molecule has 0 bridgehead atoms. The molecule has 0 heterocycles. The number of carbonyl (C=O) groups is 2. The first kappa shape index (κ1) is 11.0. The molecule has 4 nitrogen and oxygen atoms in total. The van der Waals surface area contributed by atoms with Gasteiger partial charge in [-0.05, 0) is 5.92 Å². The van der Waals surface area contributed by atoms with Crippen LogP contribution in [-0.4, -0.2) is 21.5 Å². The van der Waals surface area contributed by atoms with Crippen LogP contribution in [0.25, 0.3) is 0 Å². The van der Waals surface area contributed by atoms with Crippen LogP contribution in [-0.2, 0) is 14.3 Å². The van der Waals surface area contributed by atoms with E-state index in [1.54, 1.807) is 0 Å². The number of carboxylic acid groups (broad SMARTS) is 1. The second-order valence-corrected chi connectivity index (χ2v) is 2.27. The lowest BCUT2D eigenvalue weighted by Gasteiger charge is -1.84. The fraction of sp³-hybridized carbons (Fsp3) is 0.143. The monoisotopic (exact) mass is 280 g/mol. The molecule has 64 valence electrons. The number of halogens is 1. The van der Waals surface area contributed by atoms with Crippen LogP contribution in [0.2, 0.25) is 0 Å². The zero-order valence-electron chi connectivity index (χ0n) is 5.91. The van der Waals surface area contributed by atoms with E-state index in [1.807, 2.05) is 22.6 Å². The Balaban J connectivity index is 3.82. The fourth-order valence-corrected chi connectivity index (χ4v) is 0.443. The average Bonchev–Trinajstić information content (AvgIpc) is 2.01. The molecular formula is C7H5IO4. The van der Waals surface area contributed by atoms with Gasteiger partial charge >= 0.3 is 11.9 Å². The number of aliphatic carboxylic acids is 1. The van der Waals surface area contributed by atoms with Crippen molar-refractivity contribution in [3.05, 3.63) is 12.2 Å². The molecule has 1 N–H and O–H groups in total. The predicted molar refractivity (Wildman–Crippen MR) is 49.5 cm³/mol. The van der Waals surface area contributed by atoms with E-state index in [-0.39, 0.29) is 0 Å². The summed E-state index contributed by atoms with van der Waals surface area (Å²) in [5.74, 6) is 0.496. The Morgan fingerprint density at radius 3 is 2.67 bits per heavy atom.